The van der Waals surface area contributed by atoms with Crippen molar-refractivity contribution >= 4 is 5.91 Å². The normalized spacial score (nSPS) is 13.2. The van der Waals surface area contributed by atoms with Crippen molar-refractivity contribution in [2.24, 2.45) is 11.1 Å². The highest BCUT2D eigenvalue weighted by Gasteiger charge is 2.16. The highest BCUT2D eigenvalue weighted by Crippen LogP contribution is 2.19. The Morgan fingerprint density at radius 1 is 1.47 bits per heavy atom. The van der Waals surface area contributed by atoms with Crippen LogP contribution in [0.5, 0.6) is 0 Å². The van der Waals surface area contributed by atoms with Gasteiger partial charge in [0.25, 0.3) is 5.91 Å². The van der Waals surface area contributed by atoms with E-state index in [1.54, 1.807) is 24.4 Å². The molecule has 1 rings (SSSR count). The molecule has 0 aliphatic carbocycles. The standard InChI is InChI=1S/C13H21N3O/c1-13(2,3)8-10(14)9-16-12(17)11-6-4-5-7-15-11/h4-7,10H,8-9,14H2,1-3H3,(H,16,17). The first-order chi connectivity index (χ1) is 7.88. The third-order valence-electron chi connectivity index (χ3n) is 2.30. The molecule has 0 aromatic carbocycles. The van der Waals surface area contributed by atoms with E-state index in [2.05, 4.69) is 31.1 Å². The fraction of sp³-hybridized carbons (Fsp3) is 0.538. The third kappa shape index (κ3) is 5.45. The zero-order valence-corrected chi connectivity index (χ0v) is 10.7. The highest BCUT2D eigenvalue weighted by atomic mass is 16.1. The van der Waals surface area contributed by atoms with Crippen LogP contribution >= 0.6 is 0 Å². The zero-order valence-electron chi connectivity index (χ0n) is 10.7. The molecule has 1 aromatic rings. The minimum atomic E-state index is -0.171. The summed E-state index contributed by atoms with van der Waals surface area (Å²) in [5.74, 6) is -0.171. The fourth-order valence-electron chi connectivity index (χ4n) is 1.67. The molecule has 0 bridgehead atoms. The van der Waals surface area contributed by atoms with Crippen LogP contribution in [0.1, 0.15) is 37.7 Å². The molecule has 0 aliphatic rings. The number of nitrogens with two attached hydrogens (primary N) is 1. The SMILES string of the molecule is CC(C)(C)CC(N)CNC(=O)c1ccccn1. The van der Waals surface area contributed by atoms with Crippen LogP contribution < -0.4 is 11.1 Å². The largest absolute Gasteiger partial charge is 0.349 e. The van der Waals surface area contributed by atoms with Crippen LogP contribution in [0.25, 0.3) is 0 Å². The Morgan fingerprint density at radius 3 is 2.71 bits per heavy atom. The predicted molar refractivity (Wildman–Crippen MR) is 68.6 cm³/mol. The Labute approximate surface area is 103 Å². The molecule has 1 atom stereocenters. The second-order valence-electron chi connectivity index (χ2n) is 5.45. The number of pyridine rings is 1. The average Bonchev–Trinajstić information content (AvgIpc) is 2.25. The first-order valence-corrected chi connectivity index (χ1v) is 5.83. The minimum absolute atomic E-state index is 0.0253. The molecule has 17 heavy (non-hydrogen) atoms. The van der Waals surface area contributed by atoms with E-state index in [1.807, 2.05) is 0 Å². The topological polar surface area (TPSA) is 68.0 Å². The van der Waals surface area contributed by atoms with E-state index >= 15 is 0 Å². The van der Waals surface area contributed by atoms with Crippen LogP contribution in [0.4, 0.5) is 0 Å². The average molecular weight is 235 g/mol. The molecule has 94 valence electrons. The van der Waals surface area contributed by atoms with Gasteiger partial charge >= 0.3 is 0 Å². The molecule has 0 radical (unpaired) electrons. The van der Waals surface area contributed by atoms with Gasteiger partial charge in [0, 0.05) is 18.8 Å². The molecule has 4 nitrogen and oxygen atoms in total. The van der Waals surface area contributed by atoms with Gasteiger partial charge in [-0.1, -0.05) is 26.8 Å². The molecule has 0 spiro atoms. The number of carbonyl (C=O) groups excluding carboxylic acids is 1. The van der Waals surface area contributed by atoms with E-state index in [4.69, 9.17) is 5.73 Å². The summed E-state index contributed by atoms with van der Waals surface area (Å²) in [5.41, 5.74) is 6.55. The van der Waals surface area contributed by atoms with Crippen molar-refractivity contribution in [3.05, 3.63) is 30.1 Å². The summed E-state index contributed by atoms with van der Waals surface area (Å²) in [7, 11) is 0. The summed E-state index contributed by atoms with van der Waals surface area (Å²) in [6.45, 7) is 6.88. The number of carbonyl (C=O) groups is 1. The van der Waals surface area contributed by atoms with Crippen molar-refractivity contribution < 1.29 is 4.79 Å². The summed E-state index contributed by atoms with van der Waals surface area (Å²) in [6.07, 6.45) is 2.47. The maximum Gasteiger partial charge on any atom is 0.269 e. The molecule has 0 saturated carbocycles. The number of nitrogens with zero attached hydrogens (tertiary/aromatic N) is 1. The van der Waals surface area contributed by atoms with Crippen molar-refractivity contribution in [1.29, 1.82) is 0 Å². The lowest BCUT2D eigenvalue weighted by molar-refractivity contribution is 0.0943. The summed E-state index contributed by atoms with van der Waals surface area (Å²) >= 11 is 0. The number of rotatable bonds is 4. The van der Waals surface area contributed by atoms with Gasteiger partial charge in [-0.05, 0) is 24.0 Å². The molecule has 1 amide bonds. The van der Waals surface area contributed by atoms with E-state index in [-0.39, 0.29) is 17.4 Å². The van der Waals surface area contributed by atoms with Crippen LogP contribution in [0, 0.1) is 5.41 Å². The Bertz CT molecular complexity index is 357. The van der Waals surface area contributed by atoms with Crippen molar-refractivity contribution in [3.8, 4) is 0 Å². The van der Waals surface area contributed by atoms with E-state index in [1.165, 1.54) is 0 Å². The Balaban J connectivity index is 2.39. The van der Waals surface area contributed by atoms with E-state index in [0.717, 1.165) is 6.42 Å². The van der Waals surface area contributed by atoms with Gasteiger partial charge in [0.1, 0.15) is 5.69 Å². The number of aromatic nitrogens is 1. The summed E-state index contributed by atoms with van der Waals surface area (Å²) in [5, 5.41) is 2.79. The molecule has 0 aliphatic heterocycles. The Morgan fingerprint density at radius 2 is 2.18 bits per heavy atom. The molecule has 1 heterocycles. The minimum Gasteiger partial charge on any atom is -0.349 e. The lowest BCUT2D eigenvalue weighted by Gasteiger charge is -2.23. The lowest BCUT2D eigenvalue weighted by atomic mass is 9.88. The van der Waals surface area contributed by atoms with Gasteiger partial charge < -0.3 is 11.1 Å². The zero-order chi connectivity index (χ0) is 12.9. The van der Waals surface area contributed by atoms with Crippen LogP contribution in [0.3, 0.4) is 0 Å². The van der Waals surface area contributed by atoms with Crippen LogP contribution in [-0.4, -0.2) is 23.5 Å². The van der Waals surface area contributed by atoms with Gasteiger partial charge in [0.15, 0.2) is 0 Å². The molecular formula is C13H21N3O. The van der Waals surface area contributed by atoms with Crippen molar-refractivity contribution in [2.45, 2.75) is 33.2 Å². The number of hydrogen-bond donors (Lipinski definition) is 2. The van der Waals surface area contributed by atoms with Gasteiger partial charge in [0.2, 0.25) is 0 Å². The number of hydrogen-bond acceptors (Lipinski definition) is 3. The summed E-state index contributed by atoms with van der Waals surface area (Å²) in [6, 6.07) is 5.23. The quantitative estimate of drug-likeness (QED) is 0.832. The molecule has 0 saturated heterocycles. The molecule has 1 unspecified atom stereocenters. The summed E-state index contributed by atoms with van der Waals surface area (Å²) < 4.78 is 0. The first-order valence-electron chi connectivity index (χ1n) is 5.83. The maximum absolute atomic E-state index is 11.7. The van der Waals surface area contributed by atoms with Crippen LogP contribution in [-0.2, 0) is 0 Å². The van der Waals surface area contributed by atoms with Crippen molar-refractivity contribution in [2.75, 3.05) is 6.54 Å². The Kier molecular flexibility index (Phi) is 4.63. The van der Waals surface area contributed by atoms with Crippen molar-refractivity contribution in [3.63, 3.8) is 0 Å². The molecule has 3 N–H and O–H groups in total. The fourth-order valence-corrected chi connectivity index (χ4v) is 1.67. The van der Waals surface area contributed by atoms with E-state index < -0.39 is 0 Å². The number of nitrogens with one attached hydrogen (secondary N) is 1. The van der Waals surface area contributed by atoms with Gasteiger partial charge in [0.05, 0.1) is 0 Å². The molecule has 1 aromatic heterocycles. The van der Waals surface area contributed by atoms with Crippen LogP contribution in [0.2, 0.25) is 0 Å². The van der Waals surface area contributed by atoms with E-state index in [9.17, 15) is 4.79 Å². The smallest absolute Gasteiger partial charge is 0.269 e. The second kappa shape index (κ2) is 5.77. The highest BCUT2D eigenvalue weighted by molar-refractivity contribution is 5.92. The van der Waals surface area contributed by atoms with Gasteiger partial charge in [-0.3, -0.25) is 9.78 Å². The Hall–Kier alpha value is -1.42. The van der Waals surface area contributed by atoms with Gasteiger partial charge in [-0.25, -0.2) is 0 Å². The maximum atomic E-state index is 11.7. The second-order valence-corrected chi connectivity index (χ2v) is 5.45. The first kappa shape index (κ1) is 13.6. The molecular weight excluding hydrogens is 214 g/mol. The predicted octanol–water partition coefficient (Wildman–Crippen LogP) is 1.57. The summed E-state index contributed by atoms with van der Waals surface area (Å²) in [4.78, 5) is 15.7. The third-order valence-corrected chi connectivity index (χ3v) is 2.30. The number of amides is 1. The molecule has 4 heteroatoms. The van der Waals surface area contributed by atoms with Gasteiger partial charge in [-0.2, -0.15) is 0 Å². The van der Waals surface area contributed by atoms with Gasteiger partial charge in [-0.15, -0.1) is 0 Å². The monoisotopic (exact) mass is 235 g/mol. The van der Waals surface area contributed by atoms with E-state index in [0.29, 0.717) is 12.2 Å². The van der Waals surface area contributed by atoms with Crippen molar-refractivity contribution in [1.82, 2.24) is 10.3 Å². The molecule has 0 fully saturated rings. The lowest BCUT2D eigenvalue weighted by Crippen LogP contribution is -2.39. The van der Waals surface area contributed by atoms with Crippen LogP contribution in [0.15, 0.2) is 24.4 Å².